The van der Waals surface area contributed by atoms with Crippen molar-refractivity contribution in [2.24, 2.45) is 5.11 Å². The summed E-state index contributed by atoms with van der Waals surface area (Å²) in [6.45, 7) is 5.46. The van der Waals surface area contributed by atoms with Crippen LogP contribution in [-0.2, 0) is 4.74 Å². The number of carbonyl (C=O) groups excluding carboxylic acids is 1. The van der Waals surface area contributed by atoms with Gasteiger partial charge in [-0.05, 0) is 38.3 Å². The number of azide groups is 1. The lowest BCUT2D eigenvalue weighted by molar-refractivity contribution is -0.0192. The number of aliphatic hydroxyl groups is 1. The Morgan fingerprint density at radius 2 is 2.04 bits per heavy atom. The number of β-amino-alcohol motifs (C(OH)–C–C–N with tert-alkyl or cyclic N) is 1. The van der Waals surface area contributed by atoms with Crippen molar-refractivity contribution in [1.82, 2.24) is 4.90 Å². The highest BCUT2D eigenvalue weighted by molar-refractivity contribution is 5.69. The lowest BCUT2D eigenvalue weighted by atomic mass is 9.91. The molecule has 124 valence electrons. The number of likely N-dealkylation sites (tertiary alicyclic amines) is 1. The van der Waals surface area contributed by atoms with Crippen LogP contribution in [0.25, 0.3) is 10.4 Å². The van der Waals surface area contributed by atoms with Gasteiger partial charge in [-0.1, -0.05) is 35.4 Å². The zero-order valence-corrected chi connectivity index (χ0v) is 13.6. The summed E-state index contributed by atoms with van der Waals surface area (Å²) in [5, 5.41) is 13.8. The molecule has 0 radical (unpaired) electrons. The molecule has 2 rings (SSSR count). The first-order valence-corrected chi connectivity index (χ1v) is 7.58. The van der Waals surface area contributed by atoms with Gasteiger partial charge in [-0.3, -0.25) is 4.90 Å². The first kappa shape index (κ1) is 17.1. The third-order valence-corrected chi connectivity index (χ3v) is 3.68. The SMILES string of the molecule is CC(C)(C)OC(=O)N1C[C@@H](O)[C@H](N=[N+]=[N-])C[C@@H]1c1ccccc1. The van der Waals surface area contributed by atoms with Gasteiger partial charge in [0.2, 0.25) is 0 Å². The van der Waals surface area contributed by atoms with Gasteiger partial charge in [-0.15, -0.1) is 0 Å². The third-order valence-electron chi connectivity index (χ3n) is 3.68. The minimum atomic E-state index is -0.904. The van der Waals surface area contributed by atoms with E-state index >= 15 is 0 Å². The van der Waals surface area contributed by atoms with Crippen molar-refractivity contribution < 1.29 is 14.6 Å². The number of hydrogen-bond donors (Lipinski definition) is 1. The summed E-state index contributed by atoms with van der Waals surface area (Å²) in [5.74, 6) is 0. The summed E-state index contributed by atoms with van der Waals surface area (Å²) in [7, 11) is 0. The molecule has 1 heterocycles. The second kappa shape index (κ2) is 6.89. The molecule has 7 heteroatoms. The van der Waals surface area contributed by atoms with Crippen LogP contribution < -0.4 is 0 Å². The molecule has 1 amide bonds. The molecule has 1 aliphatic heterocycles. The molecule has 1 aromatic rings. The topological polar surface area (TPSA) is 98.5 Å². The zero-order chi connectivity index (χ0) is 17.0. The van der Waals surface area contributed by atoms with Crippen LogP contribution in [0.5, 0.6) is 0 Å². The maximum atomic E-state index is 12.5. The predicted octanol–water partition coefficient (Wildman–Crippen LogP) is 3.41. The maximum Gasteiger partial charge on any atom is 0.410 e. The Kier molecular flexibility index (Phi) is 5.13. The van der Waals surface area contributed by atoms with E-state index in [4.69, 9.17) is 10.3 Å². The van der Waals surface area contributed by atoms with E-state index in [2.05, 4.69) is 10.0 Å². The number of aliphatic hydroxyl groups excluding tert-OH is 1. The fraction of sp³-hybridized carbons (Fsp3) is 0.562. The molecular weight excluding hydrogens is 296 g/mol. The molecule has 0 aliphatic carbocycles. The summed E-state index contributed by atoms with van der Waals surface area (Å²) in [6.07, 6.45) is -1.03. The van der Waals surface area contributed by atoms with Gasteiger partial charge in [-0.25, -0.2) is 4.79 Å². The van der Waals surface area contributed by atoms with Crippen LogP contribution >= 0.6 is 0 Å². The van der Waals surface area contributed by atoms with Crippen LogP contribution in [0.2, 0.25) is 0 Å². The van der Waals surface area contributed by atoms with Crippen LogP contribution in [0.15, 0.2) is 35.4 Å². The second-order valence-electron chi connectivity index (χ2n) is 6.63. The molecule has 1 N–H and O–H groups in total. The highest BCUT2D eigenvalue weighted by Gasteiger charge is 2.39. The molecule has 0 unspecified atom stereocenters. The Bertz CT molecular complexity index is 593. The largest absolute Gasteiger partial charge is 0.444 e. The van der Waals surface area contributed by atoms with Crippen LogP contribution in [0.4, 0.5) is 4.79 Å². The summed E-state index contributed by atoms with van der Waals surface area (Å²) in [4.78, 5) is 16.8. The summed E-state index contributed by atoms with van der Waals surface area (Å²) < 4.78 is 5.44. The fourth-order valence-corrected chi connectivity index (χ4v) is 2.67. The number of carbonyl (C=O) groups is 1. The average molecular weight is 318 g/mol. The molecule has 1 aliphatic rings. The minimum Gasteiger partial charge on any atom is -0.444 e. The number of rotatable bonds is 2. The van der Waals surface area contributed by atoms with Gasteiger partial charge < -0.3 is 9.84 Å². The van der Waals surface area contributed by atoms with Gasteiger partial charge in [0.25, 0.3) is 0 Å². The van der Waals surface area contributed by atoms with Crippen LogP contribution in [-0.4, -0.2) is 40.4 Å². The molecule has 23 heavy (non-hydrogen) atoms. The number of hydrogen-bond acceptors (Lipinski definition) is 4. The Morgan fingerprint density at radius 3 is 2.61 bits per heavy atom. The Morgan fingerprint density at radius 1 is 1.39 bits per heavy atom. The molecule has 0 spiro atoms. The van der Waals surface area contributed by atoms with Gasteiger partial charge in [0.1, 0.15) is 5.60 Å². The van der Waals surface area contributed by atoms with Gasteiger partial charge in [0.05, 0.1) is 24.7 Å². The molecule has 3 atom stereocenters. The lowest BCUT2D eigenvalue weighted by Crippen LogP contribution is -2.51. The lowest BCUT2D eigenvalue weighted by Gasteiger charge is -2.41. The summed E-state index contributed by atoms with van der Waals surface area (Å²) in [6, 6.07) is 8.62. The summed E-state index contributed by atoms with van der Waals surface area (Å²) >= 11 is 0. The molecule has 1 saturated heterocycles. The minimum absolute atomic E-state index is 0.0676. The Labute approximate surface area is 135 Å². The van der Waals surface area contributed by atoms with Crippen molar-refractivity contribution in [3.63, 3.8) is 0 Å². The molecule has 7 nitrogen and oxygen atoms in total. The van der Waals surface area contributed by atoms with Gasteiger partial charge in [0.15, 0.2) is 0 Å². The molecule has 1 fully saturated rings. The number of ether oxygens (including phenoxy) is 1. The molecule has 0 saturated carbocycles. The van der Waals surface area contributed by atoms with Crippen molar-refractivity contribution in [1.29, 1.82) is 0 Å². The fourth-order valence-electron chi connectivity index (χ4n) is 2.67. The van der Waals surface area contributed by atoms with E-state index in [-0.39, 0.29) is 12.6 Å². The van der Waals surface area contributed by atoms with Crippen molar-refractivity contribution in [3.8, 4) is 0 Å². The van der Waals surface area contributed by atoms with E-state index in [9.17, 15) is 9.90 Å². The van der Waals surface area contributed by atoms with E-state index in [1.54, 1.807) is 20.8 Å². The van der Waals surface area contributed by atoms with E-state index in [1.165, 1.54) is 4.90 Å². The number of amides is 1. The quantitative estimate of drug-likeness (QED) is 0.514. The van der Waals surface area contributed by atoms with Crippen molar-refractivity contribution in [3.05, 3.63) is 46.3 Å². The van der Waals surface area contributed by atoms with Crippen molar-refractivity contribution >= 4 is 6.09 Å². The monoisotopic (exact) mass is 318 g/mol. The summed E-state index contributed by atoms with van der Waals surface area (Å²) in [5.41, 5.74) is 8.96. The molecule has 0 aromatic heterocycles. The van der Waals surface area contributed by atoms with Crippen molar-refractivity contribution in [2.75, 3.05) is 6.54 Å². The number of piperidine rings is 1. The Hall–Kier alpha value is -2.24. The first-order valence-electron chi connectivity index (χ1n) is 7.58. The standard InChI is InChI=1S/C16H22N4O3/c1-16(2,3)23-15(22)20-10-14(21)12(18-19-17)9-13(20)11-7-5-4-6-8-11/h4-8,12-14,21H,9-10H2,1-3H3/t12-,13-,14-/m1/s1. The second-order valence-corrected chi connectivity index (χ2v) is 6.63. The Balaban J connectivity index is 2.30. The first-order chi connectivity index (χ1) is 10.8. The maximum absolute atomic E-state index is 12.5. The highest BCUT2D eigenvalue weighted by atomic mass is 16.6. The molecule has 1 aromatic carbocycles. The highest BCUT2D eigenvalue weighted by Crippen LogP contribution is 2.33. The van der Waals surface area contributed by atoms with E-state index in [0.717, 1.165) is 5.56 Å². The average Bonchev–Trinajstić information content (AvgIpc) is 2.48. The number of nitrogens with zero attached hydrogens (tertiary/aromatic N) is 4. The predicted molar refractivity (Wildman–Crippen MR) is 85.7 cm³/mol. The van der Waals surface area contributed by atoms with Crippen molar-refractivity contribution in [2.45, 2.75) is 51.0 Å². The molecular formula is C16H22N4O3. The van der Waals surface area contributed by atoms with Crippen LogP contribution in [0, 0.1) is 0 Å². The van der Waals surface area contributed by atoms with Crippen LogP contribution in [0.3, 0.4) is 0 Å². The van der Waals surface area contributed by atoms with Gasteiger partial charge >= 0.3 is 6.09 Å². The third kappa shape index (κ3) is 4.37. The van der Waals surface area contributed by atoms with Crippen LogP contribution in [0.1, 0.15) is 38.8 Å². The number of benzene rings is 1. The van der Waals surface area contributed by atoms with Gasteiger partial charge in [0, 0.05) is 4.91 Å². The van der Waals surface area contributed by atoms with E-state index < -0.39 is 23.8 Å². The zero-order valence-electron chi connectivity index (χ0n) is 13.6. The van der Waals surface area contributed by atoms with E-state index in [1.807, 2.05) is 30.3 Å². The normalized spacial score (nSPS) is 24.7. The van der Waals surface area contributed by atoms with E-state index in [0.29, 0.717) is 6.42 Å². The molecule has 0 bridgehead atoms. The van der Waals surface area contributed by atoms with Gasteiger partial charge in [-0.2, -0.15) is 0 Å². The smallest absolute Gasteiger partial charge is 0.410 e.